The van der Waals surface area contributed by atoms with E-state index in [0.717, 1.165) is 29.4 Å². The van der Waals surface area contributed by atoms with Gasteiger partial charge in [-0.1, -0.05) is 26.0 Å². The van der Waals surface area contributed by atoms with Crippen molar-refractivity contribution in [2.45, 2.75) is 26.0 Å². The van der Waals surface area contributed by atoms with E-state index in [1.165, 1.54) is 12.1 Å². The largest absolute Gasteiger partial charge is 0.487 e. The first-order valence-corrected chi connectivity index (χ1v) is 10.2. The number of ether oxygens (including phenoxy) is 1. The fourth-order valence-corrected chi connectivity index (χ4v) is 3.51. The monoisotopic (exact) mass is 486 g/mol. The predicted octanol–water partition coefficient (Wildman–Crippen LogP) is 4.98. The number of benzene rings is 2. The van der Waals surface area contributed by atoms with Crippen LogP contribution in [-0.2, 0) is 6.54 Å². The van der Waals surface area contributed by atoms with E-state index in [0.29, 0.717) is 12.6 Å². The highest BCUT2D eigenvalue weighted by Crippen LogP contribution is 2.36. The molecular weight excluding hydrogens is 468 g/mol. The summed E-state index contributed by atoms with van der Waals surface area (Å²) in [4.78, 5) is 26.3. The number of rotatable bonds is 8. The van der Waals surface area contributed by atoms with Crippen LogP contribution in [-0.4, -0.2) is 39.2 Å². The second kappa shape index (κ2) is 9.40. The lowest BCUT2D eigenvalue weighted by Gasteiger charge is -2.20. The molecule has 176 valence electrons. The van der Waals surface area contributed by atoms with Crippen molar-refractivity contribution in [1.82, 2.24) is 9.47 Å². The van der Waals surface area contributed by atoms with Gasteiger partial charge in [-0.05, 0) is 36.9 Å². The molecule has 11 heteroatoms. The molecule has 0 bridgehead atoms. The molecule has 0 unspecified atom stereocenters. The lowest BCUT2D eigenvalue weighted by molar-refractivity contribution is -0.0978. The van der Waals surface area contributed by atoms with Crippen LogP contribution in [0.25, 0.3) is 16.6 Å². The van der Waals surface area contributed by atoms with Crippen LogP contribution in [0.15, 0.2) is 41.3 Å². The Balaban J connectivity index is 2.32. The topological polar surface area (TPSA) is 71.8 Å². The molecule has 0 atom stereocenters. The van der Waals surface area contributed by atoms with Crippen molar-refractivity contribution in [3.8, 4) is 11.4 Å². The molecule has 33 heavy (non-hydrogen) atoms. The van der Waals surface area contributed by atoms with Gasteiger partial charge in [0.1, 0.15) is 11.1 Å². The first kappa shape index (κ1) is 24.5. The summed E-state index contributed by atoms with van der Waals surface area (Å²) in [5.41, 5.74) is -5.91. The van der Waals surface area contributed by atoms with Gasteiger partial charge in [0, 0.05) is 30.0 Å². The van der Waals surface area contributed by atoms with Gasteiger partial charge in [0.15, 0.2) is 11.6 Å². The van der Waals surface area contributed by atoms with Gasteiger partial charge in [-0.3, -0.25) is 9.69 Å². The molecular formula is C22H19ClF4N2O4. The van der Waals surface area contributed by atoms with Crippen molar-refractivity contribution >= 4 is 28.5 Å². The predicted molar refractivity (Wildman–Crippen MR) is 114 cm³/mol. The zero-order valence-electron chi connectivity index (χ0n) is 17.5. The van der Waals surface area contributed by atoms with Crippen molar-refractivity contribution in [2.75, 3.05) is 13.1 Å². The summed E-state index contributed by atoms with van der Waals surface area (Å²) in [5.74, 6) is -6.45. The minimum Gasteiger partial charge on any atom is -0.477 e. The maximum absolute atomic E-state index is 14.5. The molecule has 3 rings (SSSR count). The number of nitrogens with zero attached hydrogens (tertiary/aromatic N) is 2. The number of carboxylic acid groups (broad SMARTS) is 1. The number of pyridine rings is 1. The van der Waals surface area contributed by atoms with Crippen LogP contribution in [0.1, 0.15) is 29.8 Å². The van der Waals surface area contributed by atoms with Gasteiger partial charge in [-0.15, -0.1) is 8.78 Å². The molecule has 0 saturated carbocycles. The molecule has 2 aromatic carbocycles. The Hall–Kier alpha value is -3.11. The molecule has 3 aromatic rings. The Morgan fingerprint density at radius 1 is 1.18 bits per heavy atom. The summed E-state index contributed by atoms with van der Waals surface area (Å²) in [6.07, 6.45) is 0.836. The Morgan fingerprint density at radius 2 is 1.79 bits per heavy atom. The smallest absolute Gasteiger partial charge is 0.477 e. The van der Waals surface area contributed by atoms with Gasteiger partial charge < -0.3 is 14.4 Å². The molecule has 1 N–H and O–H groups in total. The Morgan fingerprint density at radius 3 is 2.30 bits per heavy atom. The first-order valence-electron chi connectivity index (χ1n) is 9.84. The molecule has 0 radical (unpaired) electrons. The summed E-state index contributed by atoms with van der Waals surface area (Å²) in [6, 6.07) is 6.89. The van der Waals surface area contributed by atoms with Crippen LogP contribution < -0.4 is 10.2 Å². The minimum atomic E-state index is -4.43. The number of aromatic nitrogens is 1. The van der Waals surface area contributed by atoms with Crippen molar-refractivity contribution in [3.63, 3.8) is 0 Å². The van der Waals surface area contributed by atoms with Crippen LogP contribution in [0.5, 0.6) is 5.75 Å². The van der Waals surface area contributed by atoms with Crippen molar-refractivity contribution < 1.29 is 32.2 Å². The second-order valence-electron chi connectivity index (χ2n) is 7.12. The van der Waals surface area contributed by atoms with E-state index in [4.69, 9.17) is 11.6 Å². The zero-order chi connectivity index (χ0) is 24.5. The number of halogens is 5. The van der Waals surface area contributed by atoms with Crippen LogP contribution in [0, 0.1) is 11.6 Å². The normalized spacial score (nSPS) is 11.9. The Bertz CT molecular complexity index is 1250. The first-order chi connectivity index (χ1) is 15.5. The number of carbonyl (C=O) groups is 1. The maximum atomic E-state index is 14.5. The third-order valence-corrected chi connectivity index (χ3v) is 5.18. The molecule has 6 nitrogen and oxygen atoms in total. The van der Waals surface area contributed by atoms with E-state index in [2.05, 4.69) is 9.64 Å². The Labute approximate surface area is 190 Å². The molecule has 1 aromatic heterocycles. The molecule has 0 saturated heterocycles. The van der Waals surface area contributed by atoms with Crippen LogP contribution in [0.4, 0.5) is 17.6 Å². The van der Waals surface area contributed by atoms with Crippen LogP contribution in [0.2, 0.25) is 0 Å². The van der Waals surface area contributed by atoms with Crippen molar-refractivity contribution in [1.29, 1.82) is 0 Å². The van der Waals surface area contributed by atoms with Gasteiger partial charge in [0.05, 0.1) is 5.39 Å². The van der Waals surface area contributed by atoms with Gasteiger partial charge in [-0.2, -0.15) is 4.39 Å². The third-order valence-electron chi connectivity index (χ3n) is 5.10. The van der Waals surface area contributed by atoms with Gasteiger partial charge in [0.25, 0.3) is 0 Å². The molecule has 0 aliphatic heterocycles. The summed E-state index contributed by atoms with van der Waals surface area (Å²) >= 11 is 4.78. The fourth-order valence-electron chi connectivity index (χ4n) is 3.43. The third kappa shape index (κ3) is 5.12. The molecule has 0 aliphatic rings. The summed E-state index contributed by atoms with van der Waals surface area (Å²) < 4.78 is 60.6. The lowest BCUT2D eigenvalue weighted by atomic mass is 10.1. The van der Waals surface area contributed by atoms with Crippen LogP contribution >= 0.6 is 11.6 Å². The fraction of sp³-hybridized carbons (Fsp3) is 0.273. The highest BCUT2D eigenvalue weighted by molar-refractivity contribution is 6.21. The minimum absolute atomic E-state index is 0.194. The number of hydrogen-bond acceptors (Lipinski definition) is 4. The van der Waals surface area contributed by atoms with Gasteiger partial charge in [-0.25, -0.2) is 9.18 Å². The Kier molecular flexibility index (Phi) is 6.99. The SMILES string of the molecule is CCN(CC)Cc1ccc(-n2cc(C(=O)O)c(=O)c3cc(F)c(F)c(OC(F)(F)Cl)c32)cc1. The van der Waals surface area contributed by atoms with Crippen molar-refractivity contribution in [2.24, 2.45) is 0 Å². The van der Waals surface area contributed by atoms with E-state index in [9.17, 15) is 32.3 Å². The number of carboxylic acids is 1. The maximum Gasteiger partial charge on any atom is 0.487 e. The average molecular weight is 487 g/mol. The number of alkyl halides is 3. The second-order valence-corrected chi connectivity index (χ2v) is 7.56. The van der Waals surface area contributed by atoms with E-state index < -0.39 is 50.8 Å². The van der Waals surface area contributed by atoms with E-state index in [1.54, 1.807) is 12.1 Å². The number of aromatic carboxylic acids is 1. The quantitative estimate of drug-likeness (QED) is 0.359. The van der Waals surface area contributed by atoms with Gasteiger partial charge >= 0.3 is 11.5 Å². The highest BCUT2D eigenvalue weighted by Gasteiger charge is 2.33. The summed E-state index contributed by atoms with van der Waals surface area (Å²) in [6.45, 7) is 6.23. The molecule has 0 amide bonds. The van der Waals surface area contributed by atoms with E-state index in [1.807, 2.05) is 13.8 Å². The standard InChI is InChI=1S/C22H19ClF4N2O4/c1-3-28(4-2)10-12-5-7-13(8-6-12)29-11-15(21(31)32)19(30)14-9-16(24)17(25)20(18(14)29)33-22(23,26)27/h5-9,11H,3-4,10H2,1-2H3,(H,31,32). The highest BCUT2D eigenvalue weighted by atomic mass is 35.5. The summed E-state index contributed by atoms with van der Waals surface area (Å²) in [7, 11) is 0. The number of fused-ring (bicyclic) bond motifs is 1. The average Bonchev–Trinajstić information content (AvgIpc) is 2.75. The van der Waals surface area contributed by atoms with E-state index in [-0.39, 0.29) is 5.69 Å². The number of hydrogen-bond donors (Lipinski definition) is 1. The molecule has 0 aliphatic carbocycles. The van der Waals surface area contributed by atoms with E-state index >= 15 is 0 Å². The summed E-state index contributed by atoms with van der Waals surface area (Å²) in [5, 5.41) is 8.75. The molecule has 0 fully saturated rings. The van der Waals surface area contributed by atoms with Crippen LogP contribution in [0.3, 0.4) is 0 Å². The molecule has 1 heterocycles. The lowest BCUT2D eigenvalue weighted by Crippen LogP contribution is -2.23. The molecule has 0 spiro atoms. The zero-order valence-corrected chi connectivity index (χ0v) is 18.3. The van der Waals surface area contributed by atoms with Gasteiger partial charge in [0.2, 0.25) is 11.2 Å². The van der Waals surface area contributed by atoms with Crippen molar-refractivity contribution in [3.05, 3.63) is 69.5 Å².